The van der Waals surface area contributed by atoms with E-state index < -0.39 is 0 Å². The molecule has 0 atom stereocenters. The van der Waals surface area contributed by atoms with E-state index >= 15 is 0 Å². The Labute approximate surface area is 127 Å². The highest BCUT2D eigenvalue weighted by Gasteiger charge is 2.03. The molecule has 0 bridgehead atoms. The summed E-state index contributed by atoms with van der Waals surface area (Å²) in [6, 6.07) is 6.42. The Morgan fingerprint density at radius 1 is 1.42 bits per heavy atom. The normalized spacial score (nSPS) is 10.9. The summed E-state index contributed by atoms with van der Waals surface area (Å²) in [7, 11) is 1.72. The highest BCUT2D eigenvalue weighted by Crippen LogP contribution is 2.15. The van der Waals surface area contributed by atoms with E-state index in [-0.39, 0.29) is 0 Å². The summed E-state index contributed by atoms with van der Waals surface area (Å²) >= 11 is 2.26. The molecule has 102 valence electrons. The second-order valence-electron chi connectivity index (χ2n) is 4.38. The number of rotatable bonds is 6. The molecule has 0 unspecified atom stereocenters. The fraction of sp³-hybridized carbons (Fsp3) is 0.357. The first-order valence-electron chi connectivity index (χ1n) is 6.20. The van der Waals surface area contributed by atoms with Crippen molar-refractivity contribution >= 4 is 22.6 Å². The van der Waals surface area contributed by atoms with Gasteiger partial charge in [-0.2, -0.15) is 5.10 Å². The summed E-state index contributed by atoms with van der Waals surface area (Å²) in [5.74, 6) is 0. The van der Waals surface area contributed by atoms with Crippen LogP contribution in [0.25, 0.3) is 5.69 Å². The van der Waals surface area contributed by atoms with Gasteiger partial charge in [-0.3, -0.25) is 0 Å². The molecule has 0 amide bonds. The number of benzene rings is 1. The molecule has 0 fully saturated rings. The van der Waals surface area contributed by atoms with Crippen LogP contribution in [0.1, 0.15) is 11.1 Å². The standard InChI is InChI=1S/C14H18IN3O/c1-11-7-14(18-10-13(15)9-17-18)4-3-12(11)8-16-5-6-19-2/h3-4,7,9-10,16H,5-6,8H2,1-2H3. The maximum absolute atomic E-state index is 5.01. The van der Waals surface area contributed by atoms with Gasteiger partial charge in [-0.1, -0.05) is 6.07 Å². The average molecular weight is 371 g/mol. The van der Waals surface area contributed by atoms with Crippen LogP contribution in [0, 0.1) is 10.5 Å². The number of hydrogen-bond donors (Lipinski definition) is 1. The highest BCUT2D eigenvalue weighted by molar-refractivity contribution is 14.1. The molecule has 19 heavy (non-hydrogen) atoms. The van der Waals surface area contributed by atoms with E-state index in [0.717, 1.165) is 29.0 Å². The Kier molecular flexibility index (Phi) is 5.35. The molecule has 0 aliphatic heterocycles. The minimum absolute atomic E-state index is 0.739. The van der Waals surface area contributed by atoms with Crippen molar-refractivity contribution in [3.63, 3.8) is 0 Å². The van der Waals surface area contributed by atoms with Gasteiger partial charge in [-0.25, -0.2) is 4.68 Å². The lowest BCUT2D eigenvalue weighted by molar-refractivity contribution is 0.199. The zero-order chi connectivity index (χ0) is 13.7. The third kappa shape index (κ3) is 4.02. The summed E-state index contributed by atoms with van der Waals surface area (Å²) in [5.41, 5.74) is 3.68. The maximum atomic E-state index is 5.01. The smallest absolute Gasteiger partial charge is 0.0648 e. The van der Waals surface area contributed by atoms with Crippen LogP contribution in [0.2, 0.25) is 0 Å². The second kappa shape index (κ2) is 7.02. The Morgan fingerprint density at radius 3 is 2.89 bits per heavy atom. The maximum Gasteiger partial charge on any atom is 0.0648 e. The van der Waals surface area contributed by atoms with Crippen molar-refractivity contribution in [3.05, 3.63) is 45.3 Å². The van der Waals surface area contributed by atoms with Gasteiger partial charge in [0.1, 0.15) is 0 Å². The summed E-state index contributed by atoms with van der Waals surface area (Å²) < 4.78 is 8.05. The Hall–Kier alpha value is -0.920. The first-order valence-corrected chi connectivity index (χ1v) is 7.28. The van der Waals surface area contributed by atoms with Crippen molar-refractivity contribution < 1.29 is 4.74 Å². The number of nitrogens with zero attached hydrogens (tertiary/aromatic N) is 2. The lowest BCUT2D eigenvalue weighted by Gasteiger charge is -2.10. The molecule has 1 N–H and O–H groups in total. The van der Waals surface area contributed by atoms with Crippen molar-refractivity contribution in [2.75, 3.05) is 20.3 Å². The van der Waals surface area contributed by atoms with Crippen LogP contribution in [0.5, 0.6) is 0 Å². The van der Waals surface area contributed by atoms with Gasteiger partial charge < -0.3 is 10.1 Å². The largest absolute Gasteiger partial charge is 0.383 e. The lowest BCUT2D eigenvalue weighted by Crippen LogP contribution is -2.19. The third-order valence-corrected chi connectivity index (χ3v) is 3.50. The lowest BCUT2D eigenvalue weighted by atomic mass is 10.1. The van der Waals surface area contributed by atoms with Gasteiger partial charge in [-0.15, -0.1) is 0 Å². The Morgan fingerprint density at radius 2 is 2.26 bits per heavy atom. The van der Waals surface area contributed by atoms with Gasteiger partial charge in [0, 0.05) is 26.4 Å². The fourth-order valence-electron chi connectivity index (χ4n) is 1.86. The molecule has 0 saturated carbocycles. The van der Waals surface area contributed by atoms with E-state index in [4.69, 9.17) is 4.74 Å². The van der Waals surface area contributed by atoms with Gasteiger partial charge in [0.15, 0.2) is 0 Å². The molecule has 4 nitrogen and oxygen atoms in total. The van der Waals surface area contributed by atoms with Gasteiger partial charge in [-0.05, 0) is 52.8 Å². The van der Waals surface area contributed by atoms with Crippen molar-refractivity contribution in [1.29, 1.82) is 0 Å². The Balaban J connectivity index is 2.04. The minimum Gasteiger partial charge on any atom is -0.383 e. The molecule has 1 aromatic heterocycles. The molecule has 0 saturated heterocycles. The summed E-state index contributed by atoms with van der Waals surface area (Å²) in [5, 5.41) is 7.68. The molecule has 5 heteroatoms. The number of nitrogens with one attached hydrogen (secondary N) is 1. The van der Waals surface area contributed by atoms with Crippen LogP contribution in [-0.4, -0.2) is 30.0 Å². The van der Waals surface area contributed by atoms with E-state index in [1.165, 1.54) is 11.1 Å². The number of halogens is 1. The average Bonchev–Trinajstić information content (AvgIpc) is 2.83. The molecule has 2 aromatic rings. The molecule has 0 aliphatic rings. The van der Waals surface area contributed by atoms with Crippen LogP contribution in [-0.2, 0) is 11.3 Å². The topological polar surface area (TPSA) is 39.1 Å². The van der Waals surface area contributed by atoms with Crippen LogP contribution in [0.3, 0.4) is 0 Å². The predicted molar refractivity (Wildman–Crippen MR) is 84.6 cm³/mol. The van der Waals surface area contributed by atoms with Crippen molar-refractivity contribution in [2.24, 2.45) is 0 Å². The number of aromatic nitrogens is 2. The van der Waals surface area contributed by atoms with E-state index in [1.807, 2.05) is 17.1 Å². The van der Waals surface area contributed by atoms with Crippen molar-refractivity contribution in [3.8, 4) is 5.69 Å². The molecule has 1 aromatic carbocycles. The molecular weight excluding hydrogens is 353 g/mol. The highest BCUT2D eigenvalue weighted by atomic mass is 127. The van der Waals surface area contributed by atoms with Gasteiger partial charge >= 0.3 is 0 Å². The number of aryl methyl sites for hydroxylation is 1. The molecule has 0 aliphatic carbocycles. The summed E-state index contributed by atoms with van der Waals surface area (Å²) in [6.45, 7) is 4.61. The zero-order valence-electron chi connectivity index (χ0n) is 11.2. The van der Waals surface area contributed by atoms with Gasteiger partial charge in [0.2, 0.25) is 0 Å². The molecule has 1 heterocycles. The van der Waals surface area contributed by atoms with E-state index in [9.17, 15) is 0 Å². The number of methoxy groups -OCH3 is 1. The Bertz CT molecular complexity index is 539. The quantitative estimate of drug-likeness (QED) is 0.627. The van der Waals surface area contributed by atoms with Crippen LogP contribution in [0.15, 0.2) is 30.6 Å². The van der Waals surface area contributed by atoms with Crippen LogP contribution in [0.4, 0.5) is 0 Å². The summed E-state index contributed by atoms with van der Waals surface area (Å²) in [4.78, 5) is 0. The van der Waals surface area contributed by atoms with Crippen molar-refractivity contribution in [2.45, 2.75) is 13.5 Å². The summed E-state index contributed by atoms with van der Waals surface area (Å²) in [6.07, 6.45) is 3.88. The van der Waals surface area contributed by atoms with E-state index in [1.54, 1.807) is 7.11 Å². The number of ether oxygens (including phenoxy) is 1. The SMILES string of the molecule is COCCNCc1ccc(-n2cc(I)cn2)cc1C. The first kappa shape index (κ1) is 14.5. The molecule has 2 rings (SSSR count). The molecule has 0 radical (unpaired) electrons. The minimum atomic E-state index is 0.739. The third-order valence-electron chi connectivity index (χ3n) is 2.94. The van der Waals surface area contributed by atoms with E-state index in [0.29, 0.717) is 0 Å². The second-order valence-corrected chi connectivity index (χ2v) is 5.63. The predicted octanol–water partition coefficient (Wildman–Crippen LogP) is 2.52. The first-order chi connectivity index (χ1) is 9.20. The zero-order valence-corrected chi connectivity index (χ0v) is 13.3. The van der Waals surface area contributed by atoms with Gasteiger partial charge in [0.05, 0.1) is 22.1 Å². The van der Waals surface area contributed by atoms with Gasteiger partial charge in [0.25, 0.3) is 0 Å². The number of hydrogen-bond acceptors (Lipinski definition) is 3. The van der Waals surface area contributed by atoms with Crippen molar-refractivity contribution in [1.82, 2.24) is 15.1 Å². The fourth-order valence-corrected chi connectivity index (χ4v) is 2.25. The molecule has 0 spiro atoms. The molecular formula is C14H18IN3O. The van der Waals surface area contributed by atoms with E-state index in [2.05, 4.69) is 58.1 Å². The van der Waals surface area contributed by atoms with Crippen LogP contribution >= 0.6 is 22.6 Å². The monoisotopic (exact) mass is 371 g/mol. The van der Waals surface area contributed by atoms with Crippen LogP contribution < -0.4 is 5.32 Å².